The number of carbonyl (C=O) groups is 1. The molecular weight excluding hydrogens is 370 g/mol. The maximum atomic E-state index is 12.8. The molecule has 150 valence electrons. The molecule has 0 radical (unpaired) electrons. The minimum atomic E-state index is 0.00860. The molecule has 0 saturated carbocycles. The highest BCUT2D eigenvalue weighted by molar-refractivity contribution is 5.94. The predicted molar refractivity (Wildman–Crippen MR) is 108 cm³/mol. The van der Waals surface area contributed by atoms with Crippen molar-refractivity contribution in [3.63, 3.8) is 0 Å². The Labute approximate surface area is 169 Å². The van der Waals surface area contributed by atoms with Crippen molar-refractivity contribution in [3.05, 3.63) is 54.0 Å². The SMILES string of the molecule is CCc1nnc(-c2cccnc2N2CCN(C(=O)c3cccc(OC)c3)CC2)o1. The molecule has 0 spiro atoms. The Morgan fingerprint density at radius 3 is 2.69 bits per heavy atom. The first-order chi connectivity index (χ1) is 14.2. The third-order valence-electron chi connectivity index (χ3n) is 4.97. The van der Waals surface area contributed by atoms with Gasteiger partial charge in [0.25, 0.3) is 11.8 Å². The fraction of sp³-hybridized carbons (Fsp3) is 0.333. The number of anilines is 1. The van der Waals surface area contributed by atoms with Crippen molar-refractivity contribution in [1.29, 1.82) is 0 Å². The van der Waals surface area contributed by atoms with Gasteiger partial charge in [0, 0.05) is 44.4 Å². The molecule has 0 aliphatic carbocycles. The van der Waals surface area contributed by atoms with Crippen LogP contribution in [0, 0.1) is 0 Å². The van der Waals surface area contributed by atoms with Crippen LogP contribution < -0.4 is 9.64 Å². The molecule has 1 amide bonds. The van der Waals surface area contributed by atoms with E-state index in [1.165, 1.54) is 0 Å². The maximum Gasteiger partial charge on any atom is 0.254 e. The van der Waals surface area contributed by atoms with Gasteiger partial charge in [0.05, 0.1) is 12.7 Å². The molecule has 0 unspecified atom stereocenters. The van der Waals surface area contributed by atoms with Crippen LogP contribution in [0.1, 0.15) is 23.2 Å². The Balaban J connectivity index is 1.48. The van der Waals surface area contributed by atoms with Gasteiger partial charge in [-0.1, -0.05) is 13.0 Å². The monoisotopic (exact) mass is 393 g/mol. The number of ether oxygens (including phenoxy) is 1. The summed E-state index contributed by atoms with van der Waals surface area (Å²) in [7, 11) is 1.60. The molecule has 1 saturated heterocycles. The molecule has 8 nitrogen and oxygen atoms in total. The fourth-order valence-corrected chi connectivity index (χ4v) is 3.38. The zero-order valence-electron chi connectivity index (χ0n) is 16.5. The van der Waals surface area contributed by atoms with Gasteiger partial charge in [-0.2, -0.15) is 0 Å². The molecule has 0 atom stereocenters. The largest absolute Gasteiger partial charge is 0.497 e. The second-order valence-corrected chi connectivity index (χ2v) is 6.74. The van der Waals surface area contributed by atoms with Gasteiger partial charge in [0.15, 0.2) is 0 Å². The lowest BCUT2D eigenvalue weighted by Crippen LogP contribution is -2.49. The summed E-state index contributed by atoms with van der Waals surface area (Å²) in [5, 5.41) is 8.21. The maximum absolute atomic E-state index is 12.8. The number of carbonyl (C=O) groups excluding carboxylic acids is 1. The van der Waals surface area contributed by atoms with Crippen LogP contribution in [0.5, 0.6) is 5.75 Å². The summed E-state index contributed by atoms with van der Waals surface area (Å²) >= 11 is 0. The van der Waals surface area contributed by atoms with Crippen LogP contribution in [0.4, 0.5) is 5.82 Å². The molecule has 1 fully saturated rings. The van der Waals surface area contributed by atoms with Gasteiger partial charge in [0.1, 0.15) is 11.6 Å². The van der Waals surface area contributed by atoms with Crippen LogP contribution in [0.25, 0.3) is 11.5 Å². The van der Waals surface area contributed by atoms with Crippen LogP contribution in [-0.4, -0.2) is 59.3 Å². The average molecular weight is 393 g/mol. The molecule has 8 heteroatoms. The van der Waals surface area contributed by atoms with Crippen LogP contribution in [-0.2, 0) is 6.42 Å². The topological polar surface area (TPSA) is 84.6 Å². The van der Waals surface area contributed by atoms with Crippen molar-refractivity contribution >= 4 is 11.7 Å². The van der Waals surface area contributed by atoms with E-state index < -0.39 is 0 Å². The van der Waals surface area contributed by atoms with Crippen molar-refractivity contribution in [3.8, 4) is 17.2 Å². The number of rotatable bonds is 5. The van der Waals surface area contributed by atoms with Crippen LogP contribution in [0.2, 0.25) is 0 Å². The highest BCUT2D eigenvalue weighted by Gasteiger charge is 2.25. The number of pyridine rings is 1. The second kappa shape index (κ2) is 8.30. The Bertz CT molecular complexity index is 995. The third kappa shape index (κ3) is 3.91. The summed E-state index contributed by atoms with van der Waals surface area (Å²) in [5.74, 6) is 2.56. The van der Waals surface area contributed by atoms with Crippen molar-refractivity contribution in [2.75, 3.05) is 38.2 Å². The number of hydrogen-bond acceptors (Lipinski definition) is 7. The van der Waals surface area contributed by atoms with E-state index in [1.807, 2.05) is 42.2 Å². The Morgan fingerprint density at radius 1 is 1.14 bits per heavy atom. The average Bonchev–Trinajstić information content (AvgIpc) is 3.28. The van der Waals surface area contributed by atoms with Gasteiger partial charge in [-0.15, -0.1) is 10.2 Å². The van der Waals surface area contributed by atoms with Gasteiger partial charge in [0.2, 0.25) is 5.89 Å². The predicted octanol–water partition coefficient (Wildman–Crippen LogP) is 2.67. The molecule has 29 heavy (non-hydrogen) atoms. The summed E-state index contributed by atoms with van der Waals surface area (Å²) in [6.45, 7) is 4.54. The van der Waals surface area contributed by atoms with Gasteiger partial charge in [-0.25, -0.2) is 4.98 Å². The van der Waals surface area contributed by atoms with Gasteiger partial charge in [-0.3, -0.25) is 4.79 Å². The lowest BCUT2D eigenvalue weighted by Gasteiger charge is -2.36. The quantitative estimate of drug-likeness (QED) is 0.659. The van der Waals surface area contributed by atoms with E-state index in [1.54, 1.807) is 19.4 Å². The van der Waals surface area contributed by atoms with Crippen molar-refractivity contribution in [2.24, 2.45) is 0 Å². The van der Waals surface area contributed by atoms with E-state index >= 15 is 0 Å². The standard InChI is InChI=1S/C21H23N5O3/c1-3-18-23-24-20(29-18)17-8-5-9-22-19(17)25-10-12-26(13-11-25)21(27)15-6-4-7-16(14-15)28-2/h4-9,14H,3,10-13H2,1-2H3. The second-order valence-electron chi connectivity index (χ2n) is 6.74. The third-order valence-corrected chi connectivity index (χ3v) is 4.97. The molecule has 0 bridgehead atoms. The number of amides is 1. The number of hydrogen-bond donors (Lipinski definition) is 0. The normalized spacial score (nSPS) is 14.1. The molecule has 4 rings (SSSR count). The van der Waals surface area contributed by atoms with Gasteiger partial charge < -0.3 is 19.0 Å². The van der Waals surface area contributed by atoms with Crippen molar-refractivity contribution < 1.29 is 13.9 Å². The molecule has 3 heterocycles. The minimum absolute atomic E-state index is 0.00860. The molecule has 3 aromatic rings. The number of benzene rings is 1. The van der Waals surface area contributed by atoms with E-state index in [2.05, 4.69) is 20.1 Å². The number of aryl methyl sites for hydroxylation is 1. The number of methoxy groups -OCH3 is 1. The summed E-state index contributed by atoms with van der Waals surface area (Å²) < 4.78 is 10.9. The minimum Gasteiger partial charge on any atom is -0.497 e. The van der Waals surface area contributed by atoms with Crippen LogP contribution in [0.3, 0.4) is 0 Å². The highest BCUT2D eigenvalue weighted by Crippen LogP contribution is 2.28. The first-order valence-corrected chi connectivity index (χ1v) is 9.65. The zero-order valence-corrected chi connectivity index (χ0v) is 16.5. The summed E-state index contributed by atoms with van der Waals surface area (Å²) in [5.41, 5.74) is 1.45. The van der Waals surface area contributed by atoms with Crippen LogP contribution in [0.15, 0.2) is 47.0 Å². The van der Waals surface area contributed by atoms with E-state index in [4.69, 9.17) is 9.15 Å². The molecule has 1 aliphatic rings. The fourth-order valence-electron chi connectivity index (χ4n) is 3.38. The van der Waals surface area contributed by atoms with Crippen LogP contribution >= 0.6 is 0 Å². The first kappa shape index (κ1) is 18.9. The summed E-state index contributed by atoms with van der Waals surface area (Å²) in [6, 6.07) is 11.0. The number of aromatic nitrogens is 3. The van der Waals surface area contributed by atoms with E-state index in [0.29, 0.717) is 55.7 Å². The Hall–Kier alpha value is -3.42. The summed E-state index contributed by atoms with van der Waals surface area (Å²) in [4.78, 5) is 21.4. The van der Waals surface area contributed by atoms with Crippen molar-refractivity contribution in [1.82, 2.24) is 20.1 Å². The molecule has 2 aromatic heterocycles. The zero-order chi connectivity index (χ0) is 20.2. The number of piperazine rings is 1. The van der Waals surface area contributed by atoms with Crippen molar-refractivity contribution in [2.45, 2.75) is 13.3 Å². The lowest BCUT2D eigenvalue weighted by atomic mass is 10.1. The molecular formula is C21H23N5O3. The van der Waals surface area contributed by atoms with E-state index in [9.17, 15) is 4.79 Å². The highest BCUT2D eigenvalue weighted by atomic mass is 16.5. The Kier molecular flexibility index (Phi) is 5.41. The van der Waals surface area contributed by atoms with E-state index in [0.717, 1.165) is 11.4 Å². The lowest BCUT2D eigenvalue weighted by molar-refractivity contribution is 0.0746. The summed E-state index contributed by atoms with van der Waals surface area (Å²) in [6.07, 6.45) is 2.44. The molecule has 1 aliphatic heterocycles. The first-order valence-electron chi connectivity index (χ1n) is 9.65. The van der Waals surface area contributed by atoms with Gasteiger partial charge >= 0.3 is 0 Å². The smallest absolute Gasteiger partial charge is 0.254 e. The van der Waals surface area contributed by atoms with Gasteiger partial charge in [-0.05, 0) is 30.3 Å². The van der Waals surface area contributed by atoms with E-state index in [-0.39, 0.29) is 5.91 Å². The number of nitrogens with zero attached hydrogens (tertiary/aromatic N) is 5. The molecule has 1 aromatic carbocycles. The molecule has 0 N–H and O–H groups in total. The Morgan fingerprint density at radius 2 is 1.97 bits per heavy atom.